The molecule has 0 aromatic heterocycles. The van der Waals surface area contributed by atoms with Crippen LogP contribution in [0.1, 0.15) is 33.6 Å². The predicted molar refractivity (Wildman–Crippen MR) is 84.1 cm³/mol. The number of hydrogen-bond donors (Lipinski definition) is 0. The van der Waals surface area contributed by atoms with Crippen molar-refractivity contribution >= 4 is 11.9 Å². The highest BCUT2D eigenvalue weighted by Gasteiger charge is 2.32. The van der Waals surface area contributed by atoms with Gasteiger partial charge in [-0.3, -0.25) is 9.59 Å². The maximum Gasteiger partial charge on any atom is 0.311 e. The zero-order valence-electron chi connectivity index (χ0n) is 13.8. The van der Waals surface area contributed by atoms with Crippen LogP contribution in [0.25, 0.3) is 0 Å². The van der Waals surface area contributed by atoms with Crippen LogP contribution in [0.5, 0.6) is 0 Å². The number of carbonyl (C=O) groups excluding carboxylic acids is 2. The minimum absolute atomic E-state index is 0.199. The van der Waals surface area contributed by atoms with E-state index in [0.29, 0.717) is 12.8 Å². The van der Waals surface area contributed by atoms with Gasteiger partial charge in [0, 0.05) is 5.92 Å². The molecule has 0 radical (unpaired) electrons. The summed E-state index contributed by atoms with van der Waals surface area (Å²) >= 11 is 0. The highest BCUT2D eigenvalue weighted by atomic mass is 16.5. The first-order valence-corrected chi connectivity index (χ1v) is 6.90. The Hall–Kier alpha value is -2.38. The molecule has 4 nitrogen and oxygen atoms in total. The number of carbonyl (C=O) groups is 2. The molecule has 0 fully saturated rings. The Kier molecular flexibility index (Phi) is 8.51. The first-order valence-electron chi connectivity index (χ1n) is 6.90. The molecule has 0 spiro atoms. The molecule has 0 aliphatic rings. The van der Waals surface area contributed by atoms with Crippen LogP contribution >= 0.6 is 0 Å². The maximum atomic E-state index is 11.8. The molecule has 0 amide bonds. The lowest BCUT2D eigenvalue weighted by molar-refractivity contribution is -0.151. The van der Waals surface area contributed by atoms with Crippen LogP contribution in [0.2, 0.25) is 0 Å². The second-order valence-corrected chi connectivity index (χ2v) is 5.60. The van der Waals surface area contributed by atoms with Gasteiger partial charge in [-0.25, -0.2) is 0 Å². The highest BCUT2D eigenvalue weighted by Crippen LogP contribution is 2.30. The fourth-order valence-electron chi connectivity index (χ4n) is 2.10. The third-order valence-electron chi connectivity index (χ3n) is 3.21. The van der Waals surface area contributed by atoms with Gasteiger partial charge in [0.1, 0.15) is 0 Å². The summed E-state index contributed by atoms with van der Waals surface area (Å²) in [5.74, 6) is 11.6. The molecule has 0 saturated heterocycles. The summed E-state index contributed by atoms with van der Waals surface area (Å²) in [6, 6.07) is 0. The van der Waals surface area contributed by atoms with Gasteiger partial charge in [0.15, 0.2) is 0 Å². The zero-order chi connectivity index (χ0) is 17.2. The van der Waals surface area contributed by atoms with Crippen LogP contribution in [0.4, 0.5) is 0 Å². The van der Waals surface area contributed by atoms with Crippen molar-refractivity contribution in [3.63, 3.8) is 0 Å². The van der Waals surface area contributed by atoms with E-state index in [-0.39, 0.29) is 23.8 Å². The Bertz CT molecular complexity index is 558. The molecule has 0 bridgehead atoms. The van der Waals surface area contributed by atoms with Gasteiger partial charge >= 0.3 is 11.9 Å². The van der Waals surface area contributed by atoms with Crippen molar-refractivity contribution in [2.75, 3.05) is 14.2 Å². The third kappa shape index (κ3) is 6.87. The minimum atomic E-state index is -0.705. The first-order chi connectivity index (χ1) is 10.3. The molecule has 0 aliphatic heterocycles. The second kappa shape index (κ2) is 9.54. The molecule has 0 saturated carbocycles. The normalized spacial score (nSPS) is 12.4. The molecule has 4 heteroatoms. The smallest absolute Gasteiger partial charge is 0.311 e. The van der Waals surface area contributed by atoms with Crippen molar-refractivity contribution in [3.05, 3.63) is 0 Å². The fourth-order valence-corrected chi connectivity index (χ4v) is 2.10. The molecule has 0 rings (SSSR count). The summed E-state index contributed by atoms with van der Waals surface area (Å²) in [5, 5.41) is 0. The van der Waals surface area contributed by atoms with Crippen molar-refractivity contribution in [2.45, 2.75) is 33.6 Å². The Balaban J connectivity index is 5.16. The quantitative estimate of drug-likeness (QED) is 0.556. The topological polar surface area (TPSA) is 52.6 Å². The molecule has 0 N–H and O–H groups in total. The van der Waals surface area contributed by atoms with Crippen molar-refractivity contribution in [1.29, 1.82) is 0 Å². The van der Waals surface area contributed by atoms with Crippen LogP contribution in [0, 0.1) is 53.3 Å². The van der Waals surface area contributed by atoms with Crippen LogP contribution in [0.15, 0.2) is 0 Å². The van der Waals surface area contributed by atoms with E-state index in [1.807, 2.05) is 0 Å². The molecule has 0 heterocycles. The van der Waals surface area contributed by atoms with Crippen molar-refractivity contribution in [2.24, 2.45) is 17.3 Å². The molecule has 22 heavy (non-hydrogen) atoms. The van der Waals surface area contributed by atoms with E-state index in [9.17, 15) is 9.59 Å². The van der Waals surface area contributed by atoms with Crippen molar-refractivity contribution < 1.29 is 19.1 Å². The average molecular weight is 302 g/mol. The Morgan fingerprint density at radius 3 is 2.27 bits per heavy atom. The molecular formula is C18H22O4. The molecular weight excluding hydrogens is 280 g/mol. The first kappa shape index (κ1) is 19.6. The summed E-state index contributed by atoms with van der Waals surface area (Å²) in [5.41, 5.74) is -0.705. The van der Waals surface area contributed by atoms with Gasteiger partial charge in [-0.2, -0.15) is 0 Å². The molecule has 0 aliphatic carbocycles. The average Bonchev–Trinajstić information content (AvgIpc) is 2.49. The Morgan fingerprint density at radius 1 is 1.14 bits per heavy atom. The van der Waals surface area contributed by atoms with Gasteiger partial charge in [-0.15, -0.1) is 6.42 Å². The number of esters is 2. The lowest BCUT2D eigenvalue weighted by Gasteiger charge is -2.25. The predicted octanol–water partition coefficient (Wildman–Crippen LogP) is 2.03. The van der Waals surface area contributed by atoms with Crippen LogP contribution in [0.3, 0.4) is 0 Å². The lowest BCUT2D eigenvalue weighted by atomic mass is 9.79. The van der Waals surface area contributed by atoms with Gasteiger partial charge in [-0.1, -0.05) is 12.8 Å². The van der Waals surface area contributed by atoms with Crippen LogP contribution in [-0.4, -0.2) is 26.2 Å². The minimum Gasteiger partial charge on any atom is -0.469 e. The Labute approximate surface area is 132 Å². The van der Waals surface area contributed by atoms with Crippen LogP contribution < -0.4 is 0 Å². The van der Waals surface area contributed by atoms with E-state index in [1.54, 1.807) is 20.8 Å². The largest absolute Gasteiger partial charge is 0.469 e. The van der Waals surface area contributed by atoms with Crippen molar-refractivity contribution in [1.82, 2.24) is 0 Å². The lowest BCUT2D eigenvalue weighted by Crippen LogP contribution is -2.29. The summed E-state index contributed by atoms with van der Waals surface area (Å²) in [6.45, 7) is 5.33. The number of terminal acetylenes is 1. The van der Waals surface area contributed by atoms with Gasteiger partial charge in [0.25, 0.3) is 0 Å². The summed E-state index contributed by atoms with van der Waals surface area (Å²) < 4.78 is 9.52. The monoisotopic (exact) mass is 302 g/mol. The van der Waals surface area contributed by atoms with Gasteiger partial charge in [-0.05, 0) is 50.4 Å². The number of hydrogen-bond acceptors (Lipinski definition) is 4. The fraction of sp³-hybridized carbons (Fsp3) is 0.556. The molecule has 0 aromatic carbocycles. The maximum absolute atomic E-state index is 11.8. The summed E-state index contributed by atoms with van der Waals surface area (Å²) in [4.78, 5) is 23.4. The van der Waals surface area contributed by atoms with E-state index in [0.717, 1.165) is 0 Å². The van der Waals surface area contributed by atoms with E-state index in [1.165, 1.54) is 14.2 Å². The van der Waals surface area contributed by atoms with Crippen molar-refractivity contribution in [3.8, 4) is 36.0 Å². The number of ether oxygens (including phenoxy) is 2. The zero-order valence-corrected chi connectivity index (χ0v) is 13.8. The molecule has 118 valence electrons. The van der Waals surface area contributed by atoms with Crippen LogP contribution in [-0.2, 0) is 19.1 Å². The van der Waals surface area contributed by atoms with Gasteiger partial charge in [0.05, 0.1) is 25.6 Å². The second-order valence-electron chi connectivity index (χ2n) is 5.60. The standard InChI is InChI=1S/C18H22O4/c1-7-8-9-10-11-15(12-14(2)16(19)21-5)13-18(3,4)17(20)22-6/h1,14-15H,12-13H2,2-6H3. The third-order valence-corrected chi connectivity index (χ3v) is 3.21. The number of methoxy groups -OCH3 is 2. The highest BCUT2D eigenvalue weighted by molar-refractivity contribution is 5.76. The summed E-state index contributed by atoms with van der Waals surface area (Å²) in [7, 11) is 2.69. The van der Waals surface area contributed by atoms with E-state index in [4.69, 9.17) is 15.9 Å². The molecule has 2 unspecified atom stereocenters. The molecule has 2 atom stereocenters. The van der Waals surface area contributed by atoms with E-state index >= 15 is 0 Å². The Morgan fingerprint density at radius 2 is 1.77 bits per heavy atom. The SMILES string of the molecule is C#CC#CC#CC(CC(C)C(=O)OC)CC(C)(C)C(=O)OC. The van der Waals surface area contributed by atoms with Gasteiger partial charge in [0.2, 0.25) is 0 Å². The van der Waals surface area contributed by atoms with Gasteiger partial charge < -0.3 is 9.47 Å². The van der Waals surface area contributed by atoms with E-state index < -0.39 is 5.41 Å². The number of rotatable bonds is 6. The summed E-state index contributed by atoms with van der Waals surface area (Å²) in [6.07, 6.45) is 5.95. The molecule has 0 aromatic rings. The van der Waals surface area contributed by atoms with E-state index in [2.05, 4.69) is 29.6 Å².